The smallest absolute Gasteiger partial charge is 0.151 e. The fourth-order valence-electron chi connectivity index (χ4n) is 2.32. The van der Waals surface area contributed by atoms with Gasteiger partial charge in [-0.3, -0.25) is 0 Å². The van der Waals surface area contributed by atoms with Crippen LogP contribution in [0.1, 0.15) is 0 Å². The fraction of sp³-hybridized carbons (Fsp3) is 0.200. The molecule has 0 amide bonds. The number of halogens is 3. The van der Waals surface area contributed by atoms with Crippen molar-refractivity contribution in [3.8, 4) is 16.9 Å². The summed E-state index contributed by atoms with van der Waals surface area (Å²) >= 11 is 12.2. The summed E-state index contributed by atoms with van der Waals surface area (Å²) in [6.07, 6.45) is -0.167. The average Bonchev–Trinajstić information content (AvgIpc) is 2.48. The molecule has 0 unspecified atom stereocenters. The molecule has 2 aromatic rings. The molecule has 0 saturated heterocycles. The van der Waals surface area contributed by atoms with Crippen molar-refractivity contribution in [2.24, 2.45) is 5.73 Å². The highest BCUT2D eigenvalue weighted by Gasteiger charge is 2.23. The number of ether oxygens (including phenoxy) is 1. The van der Waals surface area contributed by atoms with Gasteiger partial charge >= 0.3 is 0 Å². The van der Waals surface area contributed by atoms with Gasteiger partial charge in [-0.05, 0) is 24.3 Å². The quantitative estimate of drug-likeness (QED) is 0.878. The second-order valence-corrected chi connectivity index (χ2v) is 5.65. The van der Waals surface area contributed by atoms with Gasteiger partial charge in [-0.2, -0.15) is 0 Å². The number of nitrogens with two attached hydrogens (primary N) is 1. The summed E-state index contributed by atoms with van der Waals surface area (Å²) in [5, 5.41) is 4.13. The Hall–Kier alpha value is -1.49. The molecule has 0 aliphatic carbocycles. The highest BCUT2D eigenvalue weighted by molar-refractivity contribution is 6.35. The largest absolute Gasteiger partial charge is 0.484 e. The number of anilines is 1. The predicted octanol–water partition coefficient (Wildman–Crippen LogP) is 3.93. The summed E-state index contributed by atoms with van der Waals surface area (Å²) < 4.78 is 19.7. The number of fused-ring (bicyclic) bond motifs is 1. The summed E-state index contributed by atoms with van der Waals surface area (Å²) in [5.74, 6) is 0.171. The van der Waals surface area contributed by atoms with E-state index in [1.807, 2.05) is 0 Å². The van der Waals surface area contributed by atoms with Gasteiger partial charge in [0.05, 0.1) is 12.2 Å². The topological polar surface area (TPSA) is 47.3 Å². The van der Waals surface area contributed by atoms with Gasteiger partial charge in [-0.25, -0.2) is 4.39 Å². The third kappa shape index (κ3) is 2.79. The Labute approximate surface area is 131 Å². The fourth-order valence-corrected chi connectivity index (χ4v) is 2.71. The van der Waals surface area contributed by atoms with Crippen LogP contribution >= 0.6 is 23.2 Å². The molecule has 3 N–H and O–H groups in total. The maximum Gasteiger partial charge on any atom is 0.151 e. The summed E-state index contributed by atoms with van der Waals surface area (Å²) in [6.45, 7) is 0.905. The molecule has 21 heavy (non-hydrogen) atoms. The zero-order chi connectivity index (χ0) is 15.0. The van der Waals surface area contributed by atoms with E-state index in [-0.39, 0.29) is 11.9 Å². The van der Waals surface area contributed by atoms with Crippen LogP contribution in [-0.4, -0.2) is 19.2 Å². The maximum atomic E-state index is 13.9. The van der Waals surface area contributed by atoms with E-state index in [9.17, 15) is 4.39 Å². The van der Waals surface area contributed by atoms with E-state index in [2.05, 4.69) is 5.32 Å². The summed E-state index contributed by atoms with van der Waals surface area (Å²) in [7, 11) is 0. The number of hydrogen-bond donors (Lipinski definition) is 2. The lowest BCUT2D eigenvalue weighted by Crippen LogP contribution is -2.37. The molecule has 3 nitrogen and oxygen atoms in total. The summed E-state index contributed by atoms with van der Waals surface area (Å²) in [4.78, 5) is 0. The normalized spacial score (nSPS) is 16.9. The van der Waals surface area contributed by atoms with Gasteiger partial charge in [-0.1, -0.05) is 23.2 Å². The second-order valence-electron chi connectivity index (χ2n) is 4.81. The van der Waals surface area contributed by atoms with E-state index in [0.29, 0.717) is 45.7 Å². The molecule has 0 aromatic heterocycles. The molecular formula is C15H13Cl2FN2O. The first kappa shape index (κ1) is 14.4. The molecule has 0 saturated carbocycles. The van der Waals surface area contributed by atoms with Gasteiger partial charge in [0.2, 0.25) is 0 Å². The van der Waals surface area contributed by atoms with E-state index >= 15 is 0 Å². The summed E-state index contributed by atoms with van der Waals surface area (Å²) in [5.41, 5.74) is 7.42. The van der Waals surface area contributed by atoms with Gasteiger partial charge in [0.15, 0.2) is 5.75 Å². The standard InChI is InChI=1S/C15H13Cl2FN2O/c16-8-1-2-13(17)11(3-8)12-4-9(18)5-14-15(12)21-10(6-19)7-20-14/h1-5,10,20H,6-7,19H2/t10-/m0/s1. The third-order valence-electron chi connectivity index (χ3n) is 3.34. The van der Waals surface area contributed by atoms with Crippen LogP contribution in [0.15, 0.2) is 30.3 Å². The Morgan fingerprint density at radius 3 is 2.81 bits per heavy atom. The first-order chi connectivity index (χ1) is 10.1. The van der Waals surface area contributed by atoms with Crippen molar-refractivity contribution in [2.75, 3.05) is 18.4 Å². The molecule has 1 atom stereocenters. The number of nitrogens with one attached hydrogen (secondary N) is 1. The van der Waals surface area contributed by atoms with Crippen molar-refractivity contribution in [1.82, 2.24) is 0 Å². The van der Waals surface area contributed by atoms with Gasteiger partial charge in [0.25, 0.3) is 0 Å². The van der Waals surface area contributed by atoms with Crippen LogP contribution in [0.5, 0.6) is 5.75 Å². The van der Waals surface area contributed by atoms with Crippen molar-refractivity contribution in [3.05, 3.63) is 46.2 Å². The molecule has 1 heterocycles. The predicted molar refractivity (Wildman–Crippen MR) is 83.8 cm³/mol. The Balaban J connectivity index is 2.18. The molecule has 0 spiro atoms. The van der Waals surface area contributed by atoms with Crippen LogP contribution in [0.3, 0.4) is 0 Å². The van der Waals surface area contributed by atoms with Gasteiger partial charge in [0, 0.05) is 33.8 Å². The van der Waals surface area contributed by atoms with Crippen LogP contribution in [0.4, 0.5) is 10.1 Å². The number of hydrogen-bond acceptors (Lipinski definition) is 3. The minimum atomic E-state index is -0.373. The van der Waals surface area contributed by atoms with E-state index in [0.717, 1.165) is 0 Å². The van der Waals surface area contributed by atoms with Crippen LogP contribution in [0, 0.1) is 5.82 Å². The Kier molecular flexibility index (Phi) is 3.93. The second kappa shape index (κ2) is 5.72. The monoisotopic (exact) mass is 326 g/mol. The highest BCUT2D eigenvalue weighted by atomic mass is 35.5. The molecule has 2 aromatic carbocycles. The van der Waals surface area contributed by atoms with E-state index in [1.165, 1.54) is 12.1 Å². The lowest BCUT2D eigenvalue weighted by atomic mass is 10.0. The van der Waals surface area contributed by atoms with E-state index in [1.54, 1.807) is 18.2 Å². The average molecular weight is 327 g/mol. The minimum Gasteiger partial charge on any atom is -0.484 e. The lowest BCUT2D eigenvalue weighted by molar-refractivity contribution is 0.215. The van der Waals surface area contributed by atoms with Gasteiger partial charge in [-0.15, -0.1) is 0 Å². The van der Waals surface area contributed by atoms with Crippen LogP contribution in [0.2, 0.25) is 10.0 Å². The van der Waals surface area contributed by atoms with Crippen molar-refractivity contribution < 1.29 is 9.13 Å². The molecule has 1 aliphatic rings. The van der Waals surface area contributed by atoms with Crippen LogP contribution in [-0.2, 0) is 0 Å². The molecule has 6 heteroatoms. The van der Waals surface area contributed by atoms with E-state index in [4.69, 9.17) is 33.7 Å². The summed E-state index contributed by atoms with van der Waals surface area (Å²) in [6, 6.07) is 7.82. The van der Waals surface area contributed by atoms with Crippen LogP contribution in [0.25, 0.3) is 11.1 Å². The first-order valence-corrected chi connectivity index (χ1v) is 7.23. The van der Waals surface area contributed by atoms with Gasteiger partial charge in [0.1, 0.15) is 11.9 Å². The number of benzene rings is 2. The Morgan fingerprint density at radius 2 is 2.05 bits per heavy atom. The highest BCUT2D eigenvalue weighted by Crippen LogP contribution is 2.43. The zero-order valence-electron chi connectivity index (χ0n) is 11.0. The van der Waals surface area contributed by atoms with Gasteiger partial charge < -0.3 is 15.8 Å². The zero-order valence-corrected chi connectivity index (χ0v) is 12.5. The van der Waals surface area contributed by atoms with Crippen molar-refractivity contribution in [2.45, 2.75) is 6.10 Å². The molecule has 1 aliphatic heterocycles. The molecule has 0 fully saturated rings. The van der Waals surface area contributed by atoms with Crippen molar-refractivity contribution in [3.63, 3.8) is 0 Å². The maximum absolute atomic E-state index is 13.9. The molecular weight excluding hydrogens is 314 g/mol. The van der Waals surface area contributed by atoms with Crippen molar-refractivity contribution >= 4 is 28.9 Å². The Morgan fingerprint density at radius 1 is 1.24 bits per heavy atom. The first-order valence-electron chi connectivity index (χ1n) is 6.48. The third-order valence-corrected chi connectivity index (χ3v) is 3.90. The van der Waals surface area contributed by atoms with E-state index < -0.39 is 0 Å². The molecule has 110 valence electrons. The molecule has 0 radical (unpaired) electrons. The molecule has 0 bridgehead atoms. The lowest BCUT2D eigenvalue weighted by Gasteiger charge is -2.28. The SMILES string of the molecule is NC[C@H]1CNc2cc(F)cc(-c3cc(Cl)ccc3Cl)c2O1. The number of rotatable bonds is 2. The Bertz CT molecular complexity index is 694. The molecule has 3 rings (SSSR count). The van der Waals surface area contributed by atoms with Crippen molar-refractivity contribution in [1.29, 1.82) is 0 Å². The van der Waals surface area contributed by atoms with Crippen LogP contribution < -0.4 is 15.8 Å². The minimum absolute atomic E-state index is 0.167.